The summed E-state index contributed by atoms with van der Waals surface area (Å²) >= 11 is 1.39. The molecule has 1 amide bonds. The predicted octanol–water partition coefficient (Wildman–Crippen LogP) is 2.14. The maximum absolute atomic E-state index is 12.2. The van der Waals surface area contributed by atoms with Crippen LogP contribution < -0.4 is 5.32 Å². The van der Waals surface area contributed by atoms with Gasteiger partial charge >= 0.3 is 5.97 Å². The highest BCUT2D eigenvalue weighted by Crippen LogP contribution is 2.23. The number of amides is 1. The molecule has 0 aliphatic rings. The molecule has 6 nitrogen and oxygen atoms in total. The van der Waals surface area contributed by atoms with Gasteiger partial charge < -0.3 is 10.1 Å². The van der Waals surface area contributed by atoms with Gasteiger partial charge in [0, 0.05) is 11.9 Å². The number of aromatic nitrogens is 2. The molecule has 0 atom stereocenters. The highest BCUT2D eigenvalue weighted by atomic mass is 32.1. The summed E-state index contributed by atoms with van der Waals surface area (Å²) in [5, 5.41) is 6.80. The van der Waals surface area contributed by atoms with Gasteiger partial charge in [-0.1, -0.05) is 0 Å². The van der Waals surface area contributed by atoms with Gasteiger partial charge in [0.05, 0.1) is 23.4 Å². The summed E-state index contributed by atoms with van der Waals surface area (Å²) < 4.78 is 6.20. The summed E-state index contributed by atoms with van der Waals surface area (Å²) in [4.78, 5) is 25.5. The van der Waals surface area contributed by atoms with Gasteiger partial charge in [0.1, 0.15) is 0 Å². The zero-order valence-electron chi connectivity index (χ0n) is 11.7. The number of hydrogen-bond donors (Lipinski definition) is 1. The van der Waals surface area contributed by atoms with Crippen molar-refractivity contribution < 1.29 is 14.3 Å². The van der Waals surface area contributed by atoms with Crippen molar-refractivity contribution in [2.75, 3.05) is 12.4 Å². The number of thiophene rings is 1. The maximum Gasteiger partial charge on any atom is 0.360 e. The molecule has 0 bridgehead atoms. The molecule has 0 spiro atoms. The van der Waals surface area contributed by atoms with Gasteiger partial charge in [0.25, 0.3) is 5.91 Å². The number of rotatable bonds is 3. The van der Waals surface area contributed by atoms with Crippen LogP contribution in [-0.2, 0) is 11.8 Å². The lowest BCUT2D eigenvalue weighted by Crippen LogP contribution is -2.14. The van der Waals surface area contributed by atoms with E-state index in [-0.39, 0.29) is 11.6 Å². The van der Waals surface area contributed by atoms with Crippen LogP contribution >= 0.6 is 11.3 Å². The highest BCUT2D eigenvalue weighted by molar-refractivity contribution is 7.14. The van der Waals surface area contributed by atoms with E-state index in [1.807, 2.05) is 13.0 Å². The van der Waals surface area contributed by atoms with Crippen molar-refractivity contribution in [3.8, 4) is 0 Å². The number of nitrogens with zero attached hydrogens (tertiary/aromatic N) is 2. The second kappa shape index (κ2) is 5.46. The second-order valence-corrected chi connectivity index (χ2v) is 5.58. The van der Waals surface area contributed by atoms with E-state index in [9.17, 15) is 9.59 Å². The summed E-state index contributed by atoms with van der Waals surface area (Å²) in [6, 6.07) is 3.62. The first-order chi connectivity index (χ1) is 9.43. The van der Waals surface area contributed by atoms with Gasteiger partial charge in [-0.05, 0) is 26.0 Å². The molecule has 0 radical (unpaired) electrons. The number of carbonyl (C=O) groups is 2. The monoisotopic (exact) mass is 293 g/mol. The zero-order chi connectivity index (χ0) is 14.9. The molecule has 2 aromatic rings. The van der Waals surface area contributed by atoms with E-state index in [4.69, 9.17) is 0 Å². The van der Waals surface area contributed by atoms with E-state index in [2.05, 4.69) is 15.2 Å². The summed E-state index contributed by atoms with van der Waals surface area (Å²) in [5.41, 5.74) is 1.18. The number of anilines is 1. The lowest BCUT2D eigenvalue weighted by atomic mass is 10.3. The molecule has 0 saturated carbocycles. The Bertz CT molecular complexity index is 672. The van der Waals surface area contributed by atoms with Crippen LogP contribution in [0.1, 0.15) is 30.7 Å². The van der Waals surface area contributed by atoms with Crippen LogP contribution in [0.5, 0.6) is 0 Å². The van der Waals surface area contributed by atoms with Gasteiger partial charge in [-0.15, -0.1) is 11.3 Å². The Hall–Kier alpha value is -2.15. The maximum atomic E-state index is 12.2. The molecule has 2 heterocycles. The topological polar surface area (TPSA) is 73.2 Å². The lowest BCUT2D eigenvalue weighted by Gasteiger charge is -2.04. The van der Waals surface area contributed by atoms with Gasteiger partial charge in [0.15, 0.2) is 5.69 Å². The minimum atomic E-state index is -0.577. The Balaban J connectivity index is 2.33. The third-order valence-corrected chi connectivity index (χ3v) is 3.91. The van der Waals surface area contributed by atoms with Crippen LogP contribution in [0.2, 0.25) is 0 Å². The number of nitrogens with one attached hydrogen (secondary N) is 1. The Labute approximate surface area is 120 Å². The molecule has 0 fully saturated rings. The average molecular weight is 293 g/mol. The molecular formula is C13H15N3O3S. The van der Waals surface area contributed by atoms with Crippen molar-refractivity contribution in [3.05, 3.63) is 33.3 Å². The summed E-state index contributed by atoms with van der Waals surface area (Å²) in [6.45, 7) is 3.70. The van der Waals surface area contributed by atoms with E-state index < -0.39 is 5.97 Å². The molecule has 0 aromatic carbocycles. The molecule has 106 valence electrons. The molecule has 1 N–H and O–H groups in total. The van der Waals surface area contributed by atoms with Crippen LogP contribution in [0, 0.1) is 13.8 Å². The third-order valence-electron chi connectivity index (χ3n) is 2.92. The number of esters is 1. The van der Waals surface area contributed by atoms with E-state index in [0.717, 1.165) is 4.88 Å². The van der Waals surface area contributed by atoms with Crippen LogP contribution in [0.4, 0.5) is 5.69 Å². The minimum Gasteiger partial charge on any atom is -0.464 e. The standard InChI is InChI=1S/C13H15N3O3S/c1-7-5-6-9(20-7)12(17)14-10-8(2)16(3)15-11(10)13(18)19-4/h5-6H,1-4H3,(H,14,17). The predicted molar refractivity (Wildman–Crippen MR) is 76.3 cm³/mol. The molecule has 0 aliphatic heterocycles. The molecule has 0 saturated heterocycles. The van der Waals surface area contributed by atoms with Crippen molar-refractivity contribution in [2.45, 2.75) is 13.8 Å². The summed E-state index contributed by atoms with van der Waals surface area (Å²) in [5.74, 6) is -0.837. The smallest absolute Gasteiger partial charge is 0.360 e. The minimum absolute atomic E-state index is 0.106. The van der Waals surface area contributed by atoms with Crippen molar-refractivity contribution in [1.82, 2.24) is 9.78 Å². The van der Waals surface area contributed by atoms with E-state index in [0.29, 0.717) is 16.3 Å². The largest absolute Gasteiger partial charge is 0.464 e. The Kier molecular flexibility index (Phi) is 3.89. The average Bonchev–Trinajstić information content (AvgIpc) is 2.97. The summed E-state index contributed by atoms with van der Waals surface area (Å²) in [6.07, 6.45) is 0. The highest BCUT2D eigenvalue weighted by Gasteiger charge is 2.22. The SMILES string of the molecule is COC(=O)c1nn(C)c(C)c1NC(=O)c1ccc(C)s1. The normalized spacial score (nSPS) is 10.4. The number of carbonyl (C=O) groups excluding carboxylic acids is 2. The first-order valence-electron chi connectivity index (χ1n) is 5.93. The fourth-order valence-electron chi connectivity index (χ4n) is 1.73. The van der Waals surface area contributed by atoms with Gasteiger partial charge in [-0.2, -0.15) is 5.10 Å². The van der Waals surface area contributed by atoms with Gasteiger partial charge in [-0.25, -0.2) is 4.79 Å². The van der Waals surface area contributed by atoms with E-state index in [1.165, 1.54) is 23.1 Å². The van der Waals surface area contributed by atoms with Crippen LogP contribution in [0.25, 0.3) is 0 Å². The Morgan fingerprint density at radius 2 is 2.05 bits per heavy atom. The fraction of sp³-hybridized carbons (Fsp3) is 0.308. The first-order valence-corrected chi connectivity index (χ1v) is 6.75. The zero-order valence-corrected chi connectivity index (χ0v) is 12.5. The molecular weight excluding hydrogens is 278 g/mol. The number of aryl methyl sites for hydroxylation is 2. The quantitative estimate of drug-likeness (QED) is 0.880. The lowest BCUT2D eigenvalue weighted by molar-refractivity contribution is 0.0594. The van der Waals surface area contributed by atoms with Crippen LogP contribution in [-0.4, -0.2) is 28.8 Å². The van der Waals surface area contributed by atoms with E-state index in [1.54, 1.807) is 20.0 Å². The van der Waals surface area contributed by atoms with Crippen LogP contribution in [0.3, 0.4) is 0 Å². The van der Waals surface area contributed by atoms with Gasteiger partial charge in [0.2, 0.25) is 0 Å². The first kappa shape index (κ1) is 14.3. The summed E-state index contributed by atoms with van der Waals surface area (Å²) in [7, 11) is 2.98. The molecule has 2 rings (SSSR count). The molecule has 0 aliphatic carbocycles. The second-order valence-electron chi connectivity index (χ2n) is 4.29. The third kappa shape index (κ3) is 2.57. The van der Waals surface area contributed by atoms with Crippen LogP contribution in [0.15, 0.2) is 12.1 Å². The molecule has 2 aromatic heterocycles. The Morgan fingerprint density at radius 1 is 1.35 bits per heavy atom. The molecule has 20 heavy (non-hydrogen) atoms. The number of ether oxygens (including phenoxy) is 1. The Morgan fingerprint density at radius 3 is 2.60 bits per heavy atom. The van der Waals surface area contributed by atoms with Crippen molar-refractivity contribution in [1.29, 1.82) is 0 Å². The van der Waals surface area contributed by atoms with E-state index >= 15 is 0 Å². The molecule has 0 unspecified atom stereocenters. The van der Waals surface area contributed by atoms with Crippen molar-refractivity contribution in [2.24, 2.45) is 7.05 Å². The van der Waals surface area contributed by atoms with Gasteiger partial charge in [-0.3, -0.25) is 9.48 Å². The fourth-order valence-corrected chi connectivity index (χ4v) is 2.49. The number of hydrogen-bond acceptors (Lipinski definition) is 5. The number of methoxy groups -OCH3 is 1. The van der Waals surface area contributed by atoms with Crippen molar-refractivity contribution in [3.63, 3.8) is 0 Å². The molecule has 7 heteroatoms. The van der Waals surface area contributed by atoms with Crippen molar-refractivity contribution >= 4 is 28.9 Å².